The molecule has 0 bridgehead atoms. The fourth-order valence-electron chi connectivity index (χ4n) is 4.87. The summed E-state index contributed by atoms with van der Waals surface area (Å²) in [6.45, 7) is 8.14. The Morgan fingerprint density at radius 1 is 0.943 bits per heavy atom. The van der Waals surface area contributed by atoms with Crippen LogP contribution in [-0.2, 0) is 9.53 Å². The zero-order valence-corrected chi connectivity index (χ0v) is 20.0. The molecule has 1 unspecified atom stereocenters. The predicted octanol–water partition coefficient (Wildman–Crippen LogP) is 1.64. The van der Waals surface area contributed by atoms with Gasteiger partial charge in [0.25, 0.3) is 5.91 Å². The molecular weight excluding hydrogens is 451 g/mol. The molecule has 9 nitrogen and oxygen atoms in total. The van der Waals surface area contributed by atoms with Gasteiger partial charge in [0.05, 0.1) is 6.10 Å². The number of halogens is 1. The molecule has 0 N–H and O–H groups in total. The zero-order chi connectivity index (χ0) is 24.0. The summed E-state index contributed by atoms with van der Waals surface area (Å²) in [4.78, 5) is 21.1. The molecule has 0 spiro atoms. The summed E-state index contributed by atoms with van der Waals surface area (Å²) in [5, 5.41) is 8.95. The van der Waals surface area contributed by atoms with Crippen molar-refractivity contribution in [1.82, 2.24) is 20.0 Å². The second kappa shape index (κ2) is 11.2. The highest BCUT2D eigenvalue weighted by Crippen LogP contribution is 2.20. The van der Waals surface area contributed by atoms with E-state index in [4.69, 9.17) is 9.47 Å². The smallest absolute Gasteiger partial charge is 0.260 e. The molecular formula is C25H33FN6O3. The molecule has 0 radical (unpaired) electrons. The number of rotatable bonds is 7. The van der Waals surface area contributed by atoms with Crippen molar-refractivity contribution in [1.29, 1.82) is 0 Å². The van der Waals surface area contributed by atoms with Crippen LogP contribution in [0.15, 0.2) is 36.4 Å². The quantitative estimate of drug-likeness (QED) is 0.588. The van der Waals surface area contributed by atoms with Gasteiger partial charge in [-0.1, -0.05) is 12.1 Å². The molecule has 1 aromatic carbocycles. The molecule has 0 saturated carbocycles. The number of anilines is 2. The standard InChI is InChI=1S/C25H33FN6O3/c26-21-5-1-2-6-22(21)35-19-25(33)32-15-13-31(14-16-32)24-8-7-23(27-28-24)30-11-9-29(10-12-30)18-20-4-3-17-34-20/h1-2,5-8,20H,3-4,9-19H2. The number of amides is 1. The first-order valence-corrected chi connectivity index (χ1v) is 12.5. The maximum absolute atomic E-state index is 13.7. The lowest BCUT2D eigenvalue weighted by molar-refractivity contribution is -0.133. The van der Waals surface area contributed by atoms with Gasteiger partial charge in [0.2, 0.25) is 0 Å². The molecule has 1 atom stereocenters. The number of nitrogens with zero attached hydrogens (tertiary/aromatic N) is 6. The van der Waals surface area contributed by atoms with Crippen molar-refractivity contribution < 1.29 is 18.7 Å². The van der Waals surface area contributed by atoms with Gasteiger partial charge < -0.3 is 24.2 Å². The van der Waals surface area contributed by atoms with E-state index in [1.807, 2.05) is 12.1 Å². The minimum atomic E-state index is -0.465. The van der Waals surface area contributed by atoms with Crippen LogP contribution in [0.3, 0.4) is 0 Å². The average molecular weight is 485 g/mol. The highest BCUT2D eigenvalue weighted by Gasteiger charge is 2.25. The molecule has 0 aliphatic carbocycles. The van der Waals surface area contributed by atoms with Crippen molar-refractivity contribution in [2.75, 3.05) is 81.9 Å². The Labute approximate surface area is 205 Å². The van der Waals surface area contributed by atoms with Gasteiger partial charge in [0.15, 0.2) is 29.8 Å². The topological polar surface area (TPSA) is 74.3 Å². The fraction of sp³-hybridized carbons (Fsp3) is 0.560. The molecule has 35 heavy (non-hydrogen) atoms. The first kappa shape index (κ1) is 23.7. The van der Waals surface area contributed by atoms with Crippen LogP contribution in [0.5, 0.6) is 5.75 Å². The van der Waals surface area contributed by atoms with E-state index in [0.29, 0.717) is 32.3 Å². The third-order valence-corrected chi connectivity index (χ3v) is 6.96. The number of para-hydroxylation sites is 1. The molecule has 3 fully saturated rings. The molecule has 3 saturated heterocycles. The molecule has 1 aromatic heterocycles. The van der Waals surface area contributed by atoms with E-state index in [9.17, 15) is 9.18 Å². The van der Waals surface area contributed by atoms with Crippen molar-refractivity contribution >= 4 is 17.5 Å². The second-order valence-electron chi connectivity index (χ2n) is 9.26. The molecule has 188 valence electrons. The van der Waals surface area contributed by atoms with Crippen LogP contribution in [0.25, 0.3) is 0 Å². The van der Waals surface area contributed by atoms with Crippen LogP contribution in [0.1, 0.15) is 12.8 Å². The minimum Gasteiger partial charge on any atom is -0.481 e. The van der Waals surface area contributed by atoms with Gasteiger partial charge in [-0.25, -0.2) is 4.39 Å². The van der Waals surface area contributed by atoms with E-state index in [1.165, 1.54) is 25.0 Å². The number of benzene rings is 1. The maximum Gasteiger partial charge on any atom is 0.260 e. The first-order chi connectivity index (χ1) is 17.2. The Morgan fingerprint density at radius 3 is 2.20 bits per heavy atom. The van der Waals surface area contributed by atoms with Crippen LogP contribution >= 0.6 is 0 Å². The monoisotopic (exact) mass is 484 g/mol. The zero-order valence-electron chi connectivity index (χ0n) is 20.0. The number of hydrogen-bond acceptors (Lipinski definition) is 8. The van der Waals surface area contributed by atoms with E-state index < -0.39 is 5.82 Å². The molecule has 4 heterocycles. The van der Waals surface area contributed by atoms with Gasteiger partial charge in [-0.05, 0) is 37.1 Å². The highest BCUT2D eigenvalue weighted by molar-refractivity contribution is 5.78. The Bertz CT molecular complexity index is 971. The number of carbonyl (C=O) groups is 1. The van der Waals surface area contributed by atoms with Gasteiger partial charge in [-0.3, -0.25) is 9.69 Å². The van der Waals surface area contributed by atoms with Gasteiger partial charge in [-0.2, -0.15) is 0 Å². The minimum absolute atomic E-state index is 0.0964. The third-order valence-electron chi connectivity index (χ3n) is 6.96. The van der Waals surface area contributed by atoms with Crippen molar-refractivity contribution in [3.63, 3.8) is 0 Å². The summed E-state index contributed by atoms with van der Waals surface area (Å²) in [5.41, 5.74) is 0. The largest absolute Gasteiger partial charge is 0.481 e. The predicted molar refractivity (Wildman–Crippen MR) is 130 cm³/mol. The van der Waals surface area contributed by atoms with E-state index >= 15 is 0 Å². The lowest BCUT2D eigenvalue weighted by Gasteiger charge is -2.37. The number of piperazine rings is 2. The van der Waals surface area contributed by atoms with Gasteiger partial charge in [-0.15, -0.1) is 10.2 Å². The summed E-state index contributed by atoms with van der Waals surface area (Å²) < 4.78 is 24.8. The Balaban J connectivity index is 1.06. The van der Waals surface area contributed by atoms with Crippen LogP contribution in [-0.4, -0.2) is 104 Å². The van der Waals surface area contributed by atoms with Crippen LogP contribution in [0.2, 0.25) is 0 Å². The van der Waals surface area contributed by atoms with E-state index in [-0.39, 0.29) is 18.3 Å². The number of aromatic nitrogens is 2. The Kier molecular flexibility index (Phi) is 7.58. The third kappa shape index (κ3) is 5.99. The summed E-state index contributed by atoms with van der Waals surface area (Å²) in [5.74, 6) is 1.21. The van der Waals surface area contributed by atoms with Crippen LogP contribution in [0, 0.1) is 5.82 Å². The fourth-order valence-corrected chi connectivity index (χ4v) is 4.87. The van der Waals surface area contributed by atoms with Crippen LogP contribution < -0.4 is 14.5 Å². The average Bonchev–Trinajstić information content (AvgIpc) is 3.42. The summed E-state index contributed by atoms with van der Waals surface area (Å²) in [6, 6.07) is 10.2. The van der Waals surface area contributed by atoms with Crippen LogP contribution in [0.4, 0.5) is 16.0 Å². The molecule has 1 amide bonds. The molecule has 2 aromatic rings. The number of ether oxygens (including phenoxy) is 2. The van der Waals surface area contributed by atoms with Crippen molar-refractivity contribution in [3.8, 4) is 5.75 Å². The van der Waals surface area contributed by atoms with Gasteiger partial charge in [0.1, 0.15) is 0 Å². The molecule has 10 heteroatoms. The lowest BCUT2D eigenvalue weighted by Crippen LogP contribution is -2.50. The normalized spacial score (nSPS) is 21.4. The van der Waals surface area contributed by atoms with E-state index in [1.54, 1.807) is 17.0 Å². The van der Waals surface area contributed by atoms with E-state index in [2.05, 4.69) is 24.9 Å². The van der Waals surface area contributed by atoms with Crippen molar-refractivity contribution in [2.24, 2.45) is 0 Å². The first-order valence-electron chi connectivity index (χ1n) is 12.5. The molecule has 3 aliphatic rings. The highest BCUT2D eigenvalue weighted by atomic mass is 19.1. The SMILES string of the molecule is O=C(COc1ccccc1F)N1CCN(c2ccc(N3CCN(CC4CCCO4)CC3)nn2)CC1. The second-order valence-corrected chi connectivity index (χ2v) is 9.26. The number of hydrogen-bond donors (Lipinski definition) is 0. The summed E-state index contributed by atoms with van der Waals surface area (Å²) in [7, 11) is 0. The number of carbonyl (C=O) groups excluding carboxylic acids is 1. The van der Waals surface area contributed by atoms with Gasteiger partial charge >= 0.3 is 0 Å². The Morgan fingerprint density at radius 2 is 1.60 bits per heavy atom. The van der Waals surface area contributed by atoms with Gasteiger partial charge in [0, 0.05) is 65.5 Å². The Hall–Kier alpha value is -2.98. The summed E-state index contributed by atoms with van der Waals surface area (Å²) in [6.07, 6.45) is 2.76. The molecule has 3 aliphatic heterocycles. The summed E-state index contributed by atoms with van der Waals surface area (Å²) >= 11 is 0. The van der Waals surface area contributed by atoms with Crippen molar-refractivity contribution in [3.05, 3.63) is 42.2 Å². The van der Waals surface area contributed by atoms with Crippen molar-refractivity contribution in [2.45, 2.75) is 18.9 Å². The van der Waals surface area contributed by atoms with E-state index in [0.717, 1.165) is 51.0 Å². The lowest BCUT2D eigenvalue weighted by atomic mass is 10.2. The maximum atomic E-state index is 13.7. The molecule has 5 rings (SSSR count).